The molecule has 2 aliphatic rings. The van der Waals surface area contributed by atoms with Gasteiger partial charge in [0, 0.05) is 24.7 Å². The van der Waals surface area contributed by atoms with Crippen molar-refractivity contribution in [1.29, 1.82) is 0 Å². The van der Waals surface area contributed by atoms with Crippen LogP contribution in [0.3, 0.4) is 0 Å². The summed E-state index contributed by atoms with van der Waals surface area (Å²) in [5.74, 6) is 1.08. The Hall–Kier alpha value is -1.22. The third kappa shape index (κ3) is 4.41. The first-order valence-corrected chi connectivity index (χ1v) is 8.88. The van der Waals surface area contributed by atoms with Gasteiger partial charge in [0.1, 0.15) is 0 Å². The lowest BCUT2D eigenvalue weighted by atomic mass is 9.83. The van der Waals surface area contributed by atoms with Crippen LogP contribution in [-0.4, -0.2) is 23.4 Å². The Morgan fingerprint density at radius 1 is 1.09 bits per heavy atom. The number of rotatable bonds is 4. The Bertz CT molecular complexity index is 514. The SMILES string of the molecule is Cl.Nc1ccccc1CCC(=O)N1CCCC1C1CCCCC1. The van der Waals surface area contributed by atoms with E-state index in [1.165, 1.54) is 44.9 Å². The second-order valence-electron chi connectivity index (χ2n) is 6.89. The number of hydrogen-bond acceptors (Lipinski definition) is 2. The summed E-state index contributed by atoms with van der Waals surface area (Å²) in [6, 6.07) is 8.41. The van der Waals surface area contributed by atoms with Gasteiger partial charge in [-0.15, -0.1) is 12.4 Å². The lowest BCUT2D eigenvalue weighted by Crippen LogP contribution is -2.40. The van der Waals surface area contributed by atoms with Crippen molar-refractivity contribution >= 4 is 24.0 Å². The van der Waals surface area contributed by atoms with Crippen molar-refractivity contribution in [2.24, 2.45) is 5.92 Å². The van der Waals surface area contributed by atoms with Gasteiger partial charge in [-0.3, -0.25) is 4.79 Å². The van der Waals surface area contributed by atoms with E-state index in [-0.39, 0.29) is 12.4 Å². The first-order valence-electron chi connectivity index (χ1n) is 8.88. The van der Waals surface area contributed by atoms with E-state index in [1.807, 2.05) is 24.3 Å². The van der Waals surface area contributed by atoms with Crippen LogP contribution in [-0.2, 0) is 11.2 Å². The predicted octanol–water partition coefficient (Wildman–Crippen LogP) is 4.19. The van der Waals surface area contributed by atoms with Crippen LogP contribution in [0.1, 0.15) is 56.9 Å². The fourth-order valence-corrected chi connectivity index (χ4v) is 4.26. The first-order chi connectivity index (χ1) is 10.8. The zero-order valence-corrected chi connectivity index (χ0v) is 14.7. The number of hydrogen-bond donors (Lipinski definition) is 1. The zero-order chi connectivity index (χ0) is 15.4. The minimum atomic E-state index is 0. The van der Waals surface area contributed by atoms with Crippen molar-refractivity contribution in [2.75, 3.05) is 12.3 Å². The highest BCUT2D eigenvalue weighted by molar-refractivity contribution is 5.85. The molecule has 1 aliphatic heterocycles. The summed E-state index contributed by atoms with van der Waals surface area (Å²) in [6.45, 7) is 0.963. The number of nitrogens with two attached hydrogens (primary N) is 1. The number of anilines is 1. The van der Waals surface area contributed by atoms with Crippen molar-refractivity contribution in [1.82, 2.24) is 4.90 Å². The number of benzene rings is 1. The molecule has 1 saturated heterocycles. The van der Waals surface area contributed by atoms with Crippen LogP contribution in [0.5, 0.6) is 0 Å². The molecule has 0 spiro atoms. The molecule has 1 atom stereocenters. The number of halogens is 1. The predicted molar refractivity (Wildman–Crippen MR) is 97.7 cm³/mol. The van der Waals surface area contributed by atoms with Gasteiger partial charge in [0.15, 0.2) is 0 Å². The molecule has 1 aliphatic carbocycles. The molecule has 0 radical (unpaired) electrons. The first kappa shape index (κ1) is 18.1. The monoisotopic (exact) mass is 336 g/mol. The van der Waals surface area contributed by atoms with Gasteiger partial charge < -0.3 is 10.6 Å². The molecule has 23 heavy (non-hydrogen) atoms. The van der Waals surface area contributed by atoms with Crippen molar-refractivity contribution in [3.05, 3.63) is 29.8 Å². The topological polar surface area (TPSA) is 46.3 Å². The molecular weight excluding hydrogens is 308 g/mol. The smallest absolute Gasteiger partial charge is 0.223 e. The van der Waals surface area contributed by atoms with Gasteiger partial charge >= 0.3 is 0 Å². The van der Waals surface area contributed by atoms with E-state index >= 15 is 0 Å². The molecule has 1 saturated carbocycles. The quantitative estimate of drug-likeness (QED) is 0.838. The number of aryl methyl sites for hydroxylation is 1. The molecule has 1 amide bonds. The second-order valence-corrected chi connectivity index (χ2v) is 6.89. The maximum absolute atomic E-state index is 12.7. The summed E-state index contributed by atoms with van der Waals surface area (Å²) < 4.78 is 0. The molecule has 1 heterocycles. The highest BCUT2D eigenvalue weighted by atomic mass is 35.5. The van der Waals surface area contributed by atoms with Crippen LogP contribution >= 0.6 is 12.4 Å². The zero-order valence-electron chi connectivity index (χ0n) is 13.9. The largest absolute Gasteiger partial charge is 0.399 e. The fraction of sp³-hybridized carbons (Fsp3) is 0.632. The molecule has 128 valence electrons. The van der Waals surface area contributed by atoms with Gasteiger partial charge in [0.05, 0.1) is 0 Å². The summed E-state index contributed by atoms with van der Waals surface area (Å²) in [5.41, 5.74) is 7.89. The van der Waals surface area contributed by atoms with Crippen LogP contribution in [0.2, 0.25) is 0 Å². The summed E-state index contributed by atoms with van der Waals surface area (Å²) in [6.07, 6.45) is 10.5. The average Bonchev–Trinajstić information content (AvgIpc) is 3.04. The van der Waals surface area contributed by atoms with Gasteiger partial charge in [-0.05, 0) is 49.7 Å². The molecule has 1 aromatic rings. The molecule has 3 nitrogen and oxygen atoms in total. The Kier molecular flexibility index (Phi) is 6.76. The highest BCUT2D eigenvalue weighted by Crippen LogP contribution is 2.34. The van der Waals surface area contributed by atoms with Crippen molar-refractivity contribution < 1.29 is 4.79 Å². The summed E-state index contributed by atoms with van der Waals surface area (Å²) >= 11 is 0. The van der Waals surface area contributed by atoms with E-state index in [4.69, 9.17) is 5.73 Å². The van der Waals surface area contributed by atoms with Crippen molar-refractivity contribution in [3.8, 4) is 0 Å². The van der Waals surface area contributed by atoms with Crippen LogP contribution in [0.4, 0.5) is 5.69 Å². The maximum atomic E-state index is 12.7. The molecule has 1 aromatic carbocycles. The van der Waals surface area contributed by atoms with E-state index < -0.39 is 0 Å². The fourth-order valence-electron chi connectivity index (χ4n) is 4.26. The normalized spacial score (nSPS) is 21.9. The standard InChI is InChI=1S/C19H28N2O.ClH/c20-17-10-5-4-7-15(17)12-13-19(22)21-14-6-11-18(21)16-8-2-1-3-9-16;/h4-5,7,10,16,18H,1-3,6,8-9,11-14,20H2;1H. The van der Waals surface area contributed by atoms with E-state index in [0.717, 1.165) is 30.1 Å². The minimum absolute atomic E-state index is 0. The molecule has 2 N–H and O–H groups in total. The van der Waals surface area contributed by atoms with Gasteiger partial charge in [-0.25, -0.2) is 0 Å². The molecule has 0 bridgehead atoms. The Labute approximate surface area is 146 Å². The van der Waals surface area contributed by atoms with E-state index in [9.17, 15) is 4.79 Å². The Balaban J connectivity index is 0.00000192. The van der Waals surface area contributed by atoms with Crippen LogP contribution in [0.25, 0.3) is 0 Å². The van der Waals surface area contributed by atoms with Gasteiger partial charge in [0.25, 0.3) is 0 Å². The van der Waals surface area contributed by atoms with Crippen LogP contribution in [0.15, 0.2) is 24.3 Å². The number of para-hydroxylation sites is 1. The number of likely N-dealkylation sites (tertiary alicyclic amines) is 1. The summed E-state index contributed by atoms with van der Waals surface area (Å²) in [5, 5.41) is 0. The third-order valence-corrected chi connectivity index (χ3v) is 5.48. The van der Waals surface area contributed by atoms with Gasteiger partial charge in [-0.2, -0.15) is 0 Å². The molecule has 2 fully saturated rings. The highest BCUT2D eigenvalue weighted by Gasteiger charge is 2.34. The number of carbonyl (C=O) groups is 1. The lowest BCUT2D eigenvalue weighted by Gasteiger charge is -2.34. The summed E-state index contributed by atoms with van der Waals surface area (Å²) in [7, 11) is 0. The lowest BCUT2D eigenvalue weighted by molar-refractivity contribution is -0.133. The second kappa shape index (κ2) is 8.58. The van der Waals surface area contributed by atoms with E-state index in [1.54, 1.807) is 0 Å². The molecular formula is C19H29ClN2O. The van der Waals surface area contributed by atoms with Crippen LogP contribution in [0, 0.1) is 5.92 Å². The molecule has 1 unspecified atom stereocenters. The maximum Gasteiger partial charge on any atom is 0.223 e. The third-order valence-electron chi connectivity index (χ3n) is 5.48. The van der Waals surface area contributed by atoms with E-state index in [0.29, 0.717) is 18.4 Å². The van der Waals surface area contributed by atoms with Crippen molar-refractivity contribution in [2.45, 2.75) is 63.8 Å². The van der Waals surface area contributed by atoms with Gasteiger partial charge in [-0.1, -0.05) is 37.5 Å². The number of nitrogens with zero attached hydrogens (tertiary/aromatic N) is 1. The summed E-state index contributed by atoms with van der Waals surface area (Å²) in [4.78, 5) is 14.9. The number of nitrogen functional groups attached to an aromatic ring is 1. The van der Waals surface area contributed by atoms with Crippen LogP contribution < -0.4 is 5.73 Å². The molecule has 4 heteroatoms. The van der Waals surface area contributed by atoms with Crippen molar-refractivity contribution in [3.63, 3.8) is 0 Å². The Morgan fingerprint density at radius 3 is 2.57 bits per heavy atom. The van der Waals surface area contributed by atoms with E-state index in [2.05, 4.69) is 4.90 Å². The average molecular weight is 337 g/mol. The van der Waals surface area contributed by atoms with Gasteiger partial charge in [0.2, 0.25) is 5.91 Å². The number of carbonyl (C=O) groups excluding carboxylic acids is 1. The Morgan fingerprint density at radius 2 is 1.83 bits per heavy atom. The molecule has 3 rings (SSSR count). The molecule has 0 aromatic heterocycles. The number of amides is 1. The minimum Gasteiger partial charge on any atom is -0.399 e.